The number of hydrogen-bond donors (Lipinski definition) is 0. The Kier molecular flexibility index (Phi) is 4.37. The van der Waals surface area contributed by atoms with Crippen LogP contribution in [-0.4, -0.2) is 17.9 Å². The molecule has 3 aromatic rings. The summed E-state index contributed by atoms with van der Waals surface area (Å²) in [6.07, 6.45) is 0. The zero-order valence-electron chi connectivity index (χ0n) is 12.7. The lowest BCUT2D eigenvalue weighted by atomic mass is 10.1. The first-order valence-corrected chi connectivity index (χ1v) is 8.24. The summed E-state index contributed by atoms with van der Waals surface area (Å²) in [4.78, 5) is 19.0. The molecule has 0 unspecified atom stereocenters. The van der Waals surface area contributed by atoms with Crippen LogP contribution in [0.15, 0.2) is 53.0 Å². The smallest absolute Gasteiger partial charge is 0.258 e. The topological polar surface area (TPSA) is 33.2 Å². The Hall–Kier alpha value is -1.91. The molecule has 116 valence electrons. The number of rotatable bonds is 2. The van der Waals surface area contributed by atoms with Crippen LogP contribution in [-0.2, 0) is 0 Å². The van der Waals surface area contributed by atoms with Crippen LogP contribution in [0.3, 0.4) is 0 Å². The lowest BCUT2D eigenvalue weighted by molar-refractivity contribution is 0.0994. The third-order valence-electron chi connectivity index (χ3n) is 3.65. The minimum absolute atomic E-state index is 0.115. The molecule has 0 atom stereocenters. The number of amides is 1. The molecular formula is C18H14BrClN2O. The van der Waals surface area contributed by atoms with Gasteiger partial charge in [0, 0.05) is 22.6 Å². The lowest BCUT2D eigenvalue weighted by Gasteiger charge is -2.20. The van der Waals surface area contributed by atoms with Crippen molar-refractivity contribution in [2.45, 2.75) is 6.92 Å². The van der Waals surface area contributed by atoms with Crippen LogP contribution < -0.4 is 4.90 Å². The van der Waals surface area contributed by atoms with E-state index < -0.39 is 0 Å². The van der Waals surface area contributed by atoms with Crippen molar-refractivity contribution in [3.63, 3.8) is 0 Å². The van der Waals surface area contributed by atoms with Gasteiger partial charge in [-0.25, -0.2) is 0 Å². The SMILES string of the molecule is Cc1cc(C(=O)N(C)c2ccc(Br)cc2Cl)c2ccccc2n1. The molecule has 0 saturated heterocycles. The number of pyridine rings is 1. The summed E-state index contributed by atoms with van der Waals surface area (Å²) in [5.41, 5.74) is 2.90. The van der Waals surface area contributed by atoms with E-state index >= 15 is 0 Å². The first kappa shape index (κ1) is 16.0. The van der Waals surface area contributed by atoms with Crippen LogP contribution in [0.25, 0.3) is 10.9 Å². The van der Waals surface area contributed by atoms with Crippen molar-refractivity contribution in [1.29, 1.82) is 0 Å². The van der Waals surface area contributed by atoms with Gasteiger partial charge in [0.2, 0.25) is 0 Å². The molecule has 1 heterocycles. The van der Waals surface area contributed by atoms with E-state index in [1.807, 2.05) is 49.4 Å². The molecule has 0 fully saturated rings. The molecule has 0 saturated carbocycles. The quantitative estimate of drug-likeness (QED) is 0.601. The Morgan fingerprint density at radius 3 is 2.65 bits per heavy atom. The van der Waals surface area contributed by atoms with Crippen molar-refractivity contribution < 1.29 is 4.79 Å². The second-order valence-corrected chi connectivity index (χ2v) is 6.61. The number of fused-ring (bicyclic) bond motifs is 1. The summed E-state index contributed by atoms with van der Waals surface area (Å²) < 4.78 is 0.873. The number of aromatic nitrogens is 1. The number of halogens is 2. The minimum Gasteiger partial charge on any atom is -0.310 e. The predicted octanol–water partition coefficient (Wildman–Crippen LogP) is 5.24. The van der Waals surface area contributed by atoms with Crippen LogP contribution in [0.4, 0.5) is 5.69 Å². The molecule has 2 aromatic carbocycles. The van der Waals surface area contributed by atoms with Crippen LogP contribution in [0.2, 0.25) is 5.02 Å². The van der Waals surface area contributed by atoms with Crippen LogP contribution in [0, 0.1) is 6.92 Å². The molecule has 0 aliphatic heterocycles. The molecule has 5 heteroatoms. The summed E-state index contributed by atoms with van der Waals surface area (Å²) in [6.45, 7) is 1.88. The number of carbonyl (C=O) groups excluding carboxylic acids is 1. The molecule has 3 rings (SSSR count). The standard InChI is InChI=1S/C18H14BrClN2O/c1-11-9-14(13-5-3-4-6-16(13)21-11)18(23)22(2)17-8-7-12(19)10-15(17)20/h3-10H,1-2H3. The molecule has 0 bridgehead atoms. The van der Waals surface area contributed by atoms with Crippen LogP contribution >= 0.6 is 27.5 Å². The average Bonchev–Trinajstić information content (AvgIpc) is 2.52. The summed E-state index contributed by atoms with van der Waals surface area (Å²) in [7, 11) is 1.72. The van der Waals surface area contributed by atoms with E-state index in [1.54, 1.807) is 18.0 Å². The monoisotopic (exact) mass is 388 g/mol. The third kappa shape index (κ3) is 3.09. The number of aryl methyl sites for hydroxylation is 1. The second kappa shape index (κ2) is 6.30. The van der Waals surface area contributed by atoms with Crippen LogP contribution in [0.5, 0.6) is 0 Å². The van der Waals surface area contributed by atoms with Crippen molar-refractivity contribution in [3.8, 4) is 0 Å². The van der Waals surface area contributed by atoms with Gasteiger partial charge >= 0.3 is 0 Å². The Bertz CT molecular complexity index is 911. The maximum absolute atomic E-state index is 13.0. The third-order valence-corrected chi connectivity index (χ3v) is 4.45. The van der Waals surface area contributed by atoms with Crippen molar-refractivity contribution in [1.82, 2.24) is 4.98 Å². The van der Waals surface area contributed by atoms with Gasteiger partial charge in [0.15, 0.2) is 0 Å². The van der Waals surface area contributed by atoms with Crippen molar-refractivity contribution in [2.75, 3.05) is 11.9 Å². The van der Waals surface area contributed by atoms with Gasteiger partial charge in [-0.15, -0.1) is 0 Å². The largest absolute Gasteiger partial charge is 0.310 e. The second-order valence-electron chi connectivity index (χ2n) is 5.29. The van der Waals surface area contributed by atoms with Gasteiger partial charge in [0.1, 0.15) is 0 Å². The highest BCUT2D eigenvalue weighted by atomic mass is 79.9. The average molecular weight is 390 g/mol. The number of hydrogen-bond acceptors (Lipinski definition) is 2. The maximum Gasteiger partial charge on any atom is 0.258 e. The molecule has 0 N–H and O–H groups in total. The molecule has 0 aliphatic carbocycles. The summed E-state index contributed by atoms with van der Waals surface area (Å²) in [5, 5.41) is 1.36. The number of anilines is 1. The molecular weight excluding hydrogens is 376 g/mol. The maximum atomic E-state index is 13.0. The van der Waals surface area contributed by atoms with Crippen LogP contribution in [0.1, 0.15) is 16.1 Å². The number of benzene rings is 2. The highest BCUT2D eigenvalue weighted by Crippen LogP contribution is 2.30. The van der Waals surface area contributed by atoms with Gasteiger partial charge in [-0.05, 0) is 37.3 Å². The Morgan fingerprint density at radius 1 is 1.17 bits per heavy atom. The van der Waals surface area contributed by atoms with E-state index in [1.165, 1.54) is 0 Å². The van der Waals surface area contributed by atoms with Gasteiger partial charge in [-0.3, -0.25) is 9.78 Å². The van der Waals surface area contributed by atoms with Crippen molar-refractivity contribution in [2.24, 2.45) is 0 Å². The van der Waals surface area contributed by atoms with Gasteiger partial charge in [0.05, 0.1) is 21.8 Å². The van der Waals surface area contributed by atoms with E-state index in [-0.39, 0.29) is 5.91 Å². The molecule has 0 aliphatic rings. The highest BCUT2D eigenvalue weighted by Gasteiger charge is 2.19. The van der Waals surface area contributed by atoms with E-state index in [2.05, 4.69) is 20.9 Å². The summed E-state index contributed by atoms with van der Waals surface area (Å²) >= 11 is 9.64. The van der Waals surface area contributed by atoms with E-state index in [4.69, 9.17) is 11.6 Å². The molecule has 1 aromatic heterocycles. The van der Waals surface area contributed by atoms with Gasteiger partial charge in [0.25, 0.3) is 5.91 Å². The fraction of sp³-hybridized carbons (Fsp3) is 0.111. The zero-order chi connectivity index (χ0) is 16.6. The van der Waals surface area contributed by atoms with E-state index in [9.17, 15) is 4.79 Å². The molecule has 0 spiro atoms. The first-order valence-electron chi connectivity index (χ1n) is 7.07. The van der Waals surface area contributed by atoms with E-state index in [0.29, 0.717) is 16.3 Å². The molecule has 0 radical (unpaired) electrons. The number of para-hydroxylation sites is 1. The normalized spacial score (nSPS) is 10.8. The predicted molar refractivity (Wildman–Crippen MR) is 98.4 cm³/mol. The van der Waals surface area contributed by atoms with Crippen molar-refractivity contribution >= 4 is 50.0 Å². The number of nitrogens with zero attached hydrogens (tertiary/aromatic N) is 2. The Morgan fingerprint density at radius 2 is 1.91 bits per heavy atom. The van der Waals surface area contributed by atoms with Gasteiger partial charge in [-0.1, -0.05) is 45.7 Å². The van der Waals surface area contributed by atoms with Gasteiger partial charge < -0.3 is 4.90 Å². The first-order chi connectivity index (χ1) is 11.0. The fourth-order valence-electron chi connectivity index (χ4n) is 2.53. The van der Waals surface area contributed by atoms with Crippen molar-refractivity contribution in [3.05, 3.63) is 69.3 Å². The lowest BCUT2D eigenvalue weighted by Crippen LogP contribution is -2.27. The number of carbonyl (C=O) groups is 1. The fourth-order valence-corrected chi connectivity index (χ4v) is 3.33. The Labute approximate surface area is 148 Å². The summed E-state index contributed by atoms with van der Waals surface area (Å²) in [5.74, 6) is -0.115. The highest BCUT2D eigenvalue weighted by molar-refractivity contribution is 9.10. The van der Waals surface area contributed by atoms with Gasteiger partial charge in [-0.2, -0.15) is 0 Å². The minimum atomic E-state index is -0.115. The Balaban J connectivity index is 2.09. The zero-order valence-corrected chi connectivity index (χ0v) is 15.0. The molecule has 3 nitrogen and oxygen atoms in total. The molecule has 1 amide bonds. The van der Waals surface area contributed by atoms with E-state index in [0.717, 1.165) is 21.1 Å². The summed E-state index contributed by atoms with van der Waals surface area (Å²) in [6, 6.07) is 14.9. The molecule has 23 heavy (non-hydrogen) atoms.